The second-order valence-electron chi connectivity index (χ2n) is 3.02. The van der Waals surface area contributed by atoms with E-state index in [0.717, 1.165) is 12.0 Å². The van der Waals surface area contributed by atoms with Gasteiger partial charge in [-0.15, -0.1) is 0 Å². The standard InChI is InChI=1S/C9H10ClN5/c1-2-7-8(11)12-5-13-9(7)15-4-6(10)3-14-15/h3-5H,2H2,1H3,(H2,11,12,13). The quantitative estimate of drug-likeness (QED) is 0.837. The molecule has 0 aliphatic rings. The van der Waals surface area contributed by atoms with Crippen LogP contribution in [0.5, 0.6) is 0 Å². The zero-order valence-electron chi connectivity index (χ0n) is 8.18. The van der Waals surface area contributed by atoms with E-state index in [0.29, 0.717) is 16.7 Å². The largest absolute Gasteiger partial charge is 0.383 e. The van der Waals surface area contributed by atoms with Gasteiger partial charge in [-0.1, -0.05) is 18.5 Å². The van der Waals surface area contributed by atoms with Gasteiger partial charge in [-0.25, -0.2) is 14.6 Å². The molecular weight excluding hydrogens is 214 g/mol. The number of aromatic nitrogens is 4. The molecule has 0 fully saturated rings. The van der Waals surface area contributed by atoms with Gasteiger partial charge in [-0.3, -0.25) is 0 Å². The highest BCUT2D eigenvalue weighted by Gasteiger charge is 2.09. The summed E-state index contributed by atoms with van der Waals surface area (Å²) in [6.45, 7) is 1.99. The Hall–Kier alpha value is -1.62. The molecule has 78 valence electrons. The van der Waals surface area contributed by atoms with Gasteiger partial charge in [0.2, 0.25) is 0 Å². The SMILES string of the molecule is CCc1c(N)ncnc1-n1cc(Cl)cn1. The topological polar surface area (TPSA) is 69.6 Å². The number of hydrogen-bond donors (Lipinski definition) is 1. The van der Waals surface area contributed by atoms with E-state index in [1.807, 2.05) is 6.92 Å². The lowest BCUT2D eigenvalue weighted by molar-refractivity contribution is 0.820. The van der Waals surface area contributed by atoms with Gasteiger partial charge in [0.25, 0.3) is 0 Å². The van der Waals surface area contributed by atoms with E-state index >= 15 is 0 Å². The van der Waals surface area contributed by atoms with Gasteiger partial charge in [0.15, 0.2) is 5.82 Å². The van der Waals surface area contributed by atoms with Crippen molar-refractivity contribution in [3.8, 4) is 5.82 Å². The third kappa shape index (κ3) is 1.78. The van der Waals surface area contributed by atoms with Gasteiger partial charge < -0.3 is 5.73 Å². The summed E-state index contributed by atoms with van der Waals surface area (Å²) >= 11 is 5.79. The van der Waals surface area contributed by atoms with Crippen molar-refractivity contribution in [2.75, 3.05) is 5.73 Å². The maximum Gasteiger partial charge on any atom is 0.162 e. The van der Waals surface area contributed by atoms with Crippen LogP contribution in [-0.4, -0.2) is 19.7 Å². The Morgan fingerprint density at radius 1 is 1.47 bits per heavy atom. The molecule has 2 N–H and O–H groups in total. The zero-order valence-corrected chi connectivity index (χ0v) is 8.94. The third-order valence-corrected chi connectivity index (χ3v) is 2.27. The molecule has 0 bridgehead atoms. The van der Waals surface area contributed by atoms with Crippen LogP contribution in [0.2, 0.25) is 5.02 Å². The Morgan fingerprint density at radius 2 is 2.27 bits per heavy atom. The van der Waals surface area contributed by atoms with Crippen molar-refractivity contribution in [1.29, 1.82) is 0 Å². The Balaban J connectivity index is 2.57. The lowest BCUT2D eigenvalue weighted by Crippen LogP contribution is -2.07. The molecule has 0 amide bonds. The molecule has 2 aromatic heterocycles. The summed E-state index contributed by atoms with van der Waals surface area (Å²) in [4.78, 5) is 8.08. The molecule has 2 rings (SSSR count). The van der Waals surface area contributed by atoms with Gasteiger partial charge >= 0.3 is 0 Å². The van der Waals surface area contributed by atoms with E-state index in [4.69, 9.17) is 17.3 Å². The summed E-state index contributed by atoms with van der Waals surface area (Å²) in [7, 11) is 0. The normalized spacial score (nSPS) is 10.5. The minimum atomic E-state index is 0.481. The fourth-order valence-electron chi connectivity index (χ4n) is 1.37. The van der Waals surface area contributed by atoms with E-state index in [-0.39, 0.29) is 0 Å². The van der Waals surface area contributed by atoms with E-state index < -0.39 is 0 Å². The number of halogens is 1. The van der Waals surface area contributed by atoms with Crippen LogP contribution in [0.4, 0.5) is 5.82 Å². The lowest BCUT2D eigenvalue weighted by atomic mass is 10.2. The maximum atomic E-state index is 5.79. The van der Waals surface area contributed by atoms with Crippen LogP contribution >= 0.6 is 11.6 Å². The minimum absolute atomic E-state index is 0.481. The first kappa shape index (κ1) is 9.92. The maximum absolute atomic E-state index is 5.79. The third-order valence-electron chi connectivity index (χ3n) is 2.08. The Bertz CT molecular complexity index is 479. The second-order valence-corrected chi connectivity index (χ2v) is 3.45. The van der Waals surface area contributed by atoms with Gasteiger partial charge in [-0.2, -0.15) is 5.10 Å². The van der Waals surface area contributed by atoms with Crippen molar-refractivity contribution in [2.45, 2.75) is 13.3 Å². The van der Waals surface area contributed by atoms with E-state index in [1.165, 1.54) is 6.33 Å². The van der Waals surface area contributed by atoms with Crippen LogP contribution in [-0.2, 0) is 6.42 Å². The molecule has 2 aromatic rings. The summed E-state index contributed by atoms with van der Waals surface area (Å²) in [6.07, 6.45) is 5.40. The van der Waals surface area contributed by atoms with Crippen molar-refractivity contribution in [3.05, 3.63) is 29.3 Å². The van der Waals surface area contributed by atoms with Crippen LogP contribution in [0.1, 0.15) is 12.5 Å². The molecule has 0 saturated carbocycles. The molecule has 0 atom stereocenters. The predicted molar refractivity (Wildman–Crippen MR) is 58.0 cm³/mol. The lowest BCUT2D eigenvalue weighted by Gasteiger charge is -2.07. The van der Waals surface area contributed by atoms with Crippen LogP contribution in [0.15, 0.2) is 18.7 Å². The summed E-state index contributed by atoms with van der Waals surface area (Å²) in [6, 6.07) is 0. The smallest absolute Gasteiger partial charge is 0.162 e. The number of nitrogens with two attached hydrogens (primary N) is 1. The molecule has 0 spiro atoms. The van der Waals surface area contributed by atoms with E-state index in [2.05, 4.69) is 15.1 Å². The molecule has 0 aliphatic carbocycles. The molecule has 6 heteroatoms. The fourth-order valence-corrected chi connectivity index (χ4v) is 1.51. The molecule has 5 nitrogen and oxygen atoms in total. The van der Waals surface area contributed by atoms with E-state index in [1.54, 1.807) is 17.1 Å². The average Bonchev–Trinajstić information content (AvgIpc) is 2.64. The van der Waals surface area contributed by atoms with Gasteiger partial charge in [0.05, 0.1) is 17.4 Å². The monoisotopic (exact) mass is 223 g/mol. The molecule has 0 radical (unpaired) electrons. The number of hydrogen-bond acceptors (Lipinski definition) is 4. The number of nitrogen functional groups attached to an aromatic ring is 1. The molecule has 2 heterocycles. The first-order valence-electron chi connectivity index (χ1n) is 4.52. The van der Waals surface area contributed by atoms with Gasteiger partial charge in [0, 0.05) is 5.56 Å². The molecular formula is C9H10ClN5. The number of anilines is 1. The number of nitrogens with zero attached hydrogens (tertiary/aromatic N) is 4. The van der Waals surface area contributed by atoms with Gasteiger partial charge in [-0.05, 0) is 6.42 Å². The molecule has 0 unspecified atom stereocenters. The second kappa shape index (κ2) is 3.86. The Kier molecular flexibility index (Phi) is 2.55. The Morgan fingerprint density at radius 3 is 2.87 bits per heavy atom. The van der Waals surface area contributed by atoms with Crippen molar-refractivity contribution in [2.24, 2.45) is 0 Å². The van der Waals surface area contributed by atoms with Crippen LogP contribution in [0, 0.1) is 0 Å². The zero-order chi connectivity index (χ0) is 10.8. The van der Waals surface area contributed by atoms with Crippen LogP contribution < -0.4 is 5.73 Å². The van der Waals surface area contributed by atoms with Crippen molar-refractivity contribution >= 4 is 17.4 Å². The first-order chi connectivity index (χ1) is 7.22. The first-order valence-corrected chi connectivity index (χ1v) is 4.90. The van der Waals surface area contributed by atoms with Gasteiger partial charge in [0.1, 0.15) is 12.1 Å². The minimum Gasteiger partial charge on any atom is -0.383 e. The fraction of sp³-hybridized carbons (Fsp3) is 0.222. The highest BCUT2D eigenvalue weighted by molar-refractivity contribution is 6.30. The highest BCUT2D eigenvalue weighted by Crippen LogP contribution is 2.17. The molecule has 0 aromatic carbocycles. The highest BCUT2D eigenvalue weighted by atomic mass is 35.5. The Labute approximate surface area is 91.9 Å². The van der Waals surface area contributed by atoms with Crippen molar-refractivity contribution in [1.82, 2.24) is 19.7 Å². The number of rotatable bonds is 2. The average molecular weight is 224 g/mol. The van der Waals surface area contributed by atoms with Crippen molar-refractivity contribution in [3.63, 3.8) is 0 Å². The van der Waals surface area contributed by atoms with Crippen LogP contribution in [0.25, 0.3) is 5.82 Å². The predicted octanol–water partition coefficient (Wildman–Crippen LogP) is 1.46. The molecule has 0 aliphatic heterocycles. The summed E-state index contributed by atoms with van der Waals surface area (Å²) in [5, 5.41) is 4.64. The summed E-state index contributed by atoms with van der Waals surface area (Å²) in [5.74, 6) is 1.16. The molecule has 0 saturated heterocycles. The van der Waals surface area contributed by atoms with Crippen molar-refractivity contribution < 1.29 is 0 Å². The summed E-state index contributed by atoms with van der Waals surface area (Å²) in [5.41, 5.74) is 6.62. The summed E-state index contributed by atoms with van der Waals surface area (Å²) < 4.78 is 1.60. The molecule has 15 heavy (non-hydrogen) atoms. The van der Waals surface area contributed by atoms with Crippen LogP contribution in [0.3, 0.4) is 0 Å². The van der Waals surface area contributed by atoms with E-state index in [9.17, 15) is 0 Å².